The Kier molecular flexibility index (Phi) is 4.82. The second-order valence-electron chi connectivity index (χ2n) is 6.80. The van der Waals surface area contributed by atoms with Crippen LogP contribution in [0.25, 0.3) is 0 Å². The number of hydrogen-bond acceptors (Lipinski definition) is 5. The zero-order valence-corrected chi connectivity index (χ0v) is 15.4. The molecular formula is C19H23N3O3S. The molecule has 2 aliphatic rings. The lowest BCUT2D eigenvalue weighted by atomic mass is 10.1. The molecule has 0 aliphatic carbocycles. The number of benzene rings is 1. The summed E-state index contributed by atoms with van der Waals surface area (Å²) in [5, 5.41) is 0. The molecule has 26 heavy (non-hydrogen) atoms. The van der Waals surface area contributed by atoms with Crippen LogP contribution in [0.15, 0.2) is 54.7 Å². The molecule has 2 atom stereocenters. The molecule has 2 fully saturated rings. The Balaban J connectivity index is 1.38. The van der Waals surface area contributed by atoms with Gasteiger partial charge in [-0.05, 0) is 36.6 Å². The summed E-state index contributed by atoms with van der Waals surface area (Å²) in [7, 11) is -3.33. The lowest BCUT2D eigenvalue weighted by molar-refractivity contribution is 0.331. The zero-order valence-electron chi connectivity index (χ0n) is 14.6. The van der Waals surface area contributed by atoms with Gasteiger partial charge in [0.1, 0.15) is 18.2 Å². The van der Waals surface area contributed by atoms with Crippen LogP contribution >= 0.6 is 0 Å². The summed E-state index contributed by atoms with van der Waals surface area (Å²) in [6, 6.07) is 15.2. The number of ether oxygens (including phenoxy) is 1. The smallest absolute Gasteiger partial charge is 0.217 e. The summed E-state index contributed by atoms with van der Waals surface area (Å²) < 4.78 is 32.9. The molecule has 2 unspecified atom stereocenters. The lowest BCUT2D eigenvalue weighted by Crippen LogP contribution is -2.41. The van der Waals surface area contributed by atoms with E-state index >= 15 is 0 Å². The van der Waals surface area contributed by atoms with Crippen molar-refractivity contribution in [3.05, 3.63) is 54.7 Å². The Morgan fingerprint density at radius 2 is 1.88 bits per heavy atom. The first-order valence-corrected chi connectivity index (χ1v) is 10.6. The van der Waals surface area contributed by atoms with E-state index in [4.69, 9.17) is 4.74 Å². The summed E-state index contributed by atoms with van der Waals surface area (Å²) in [6.07, 6.45) is 2.69. The summed E-state index contributed by atoms with van der Waals surface area (Å²) in [4.78, 5) is 6.59. The molecule has 138 valence electrons. The maximum atomic E-state index is 12.8. The second-order valence-corrected chi connectivity index (χ2v) is 8.84. The van der Waals surface area contributed by atoms with Crippen LogP contribution < -0.4 is 9.64 Å². The van der Waals surface area contributed by atoms with Crippen molar-refractivity contribution in [2.75, 3.05) is 36.9 Å². The molecule has 2 aromatic rings. The number of hydrogen-bond donors (Lipinski definition) is 0. The molecule has 0 N–H and O–H groups in total. The quantitative estimate of drug-likeness (QED) is 0.775. The summed E-state index contributed by atoms with van der Waals surface area (Å²) >= 11 is 0. The number of aromatic nitrogens is 1. The molecule has 0 saturated carbocycles. The fourth-order valence-corrected chi connectivity index (χ4v) is 5.46. The van der Waals surface area contributed by atoms with Crippen molar-refractivity contribution in [2.24, 2.45) is 5.92 Å². The van der Waals surface area contributed by atoms with Gasteiger partial charge in [0, 0.05) is 31.9 Å². The highest BCUT2D eigenvalue weighted by atomic mass is 32.2. The van der Waals surface area contributed by atoms with Crippen molar-refractivity contribution in [3.8, 4) is 5.75 Å². The van der Waals surface area contributed by atoms with Gasteiger partial charge in [-0.3, -0.25) is 0 Å². The molecule has 0 radical (unpaired) electrons. The van der Waals surface area contributed by atoms with Crippen LogP contribution in [0, 0.1) is 5.92 Å². The molecule has 2 saturated heterocycles. The van der Waals surface area contributed by atoms with Gasteiger partial charge in [0.05, 0.1) is 5.75 Å². The Bertz CT molecular complexity index is 830. The minimum atomic E-state index is -3.33. The fourth-order valence-electron chi connectivity index (χ4n) is 3.89. The monoisotopic (exact) mass is 373 g/mol. The average molecular weight is 373 g/mol. The largest absolute Gasteiger partial charge is 0.492 e. The van der Waals surface area contributed by atoms with E-state index in [9.17, 15) is 8.42 Å². The van der Waals surface area contributed by atoms with Crippen LogP contribution in [-0.4, -0.2) is 55.7 Å². The number of sulfonamides is 1. The topological polar surface area (TPSA) is 62.7 Å². The number of anilines is 1. The van der Waals surface area contributed by atoms with Crippen molar-refractivity contribution in [1.82, 2.24) is 9.29 Å². The van der Waals surface area contributed by atoms with Gasteiger partial charge in [-0.15, -0.1) is 0 Å². The fraction of sp³-hybridized carbons (Fsp3) is 0.421. The van der Waals surface area contributed by atoms with Crippen LogP contribution in [0.4, 0.5) is 5.82 Å². The SMILES string of the molecule is O=S(=O)(CCOc1ccccc1)N1CCC2CN(c3ccccn3)CC21. The summed E-state index contributed by atoms with van der Waals surface area (Å²) in [6.45, 7) is 2.36. The van der Waals surface area contributed by atoms with Gasteiger partial charge < -0.3 is 9.64 Å². The van der Waals surface area contributed by atoms with E-state index < -0.39 is 10.0 Å². The van der Waals surface area contributed by atoms with Gasteiger partial charge >= 0.3 is 0 Å². The van der Waals surface area contributed by atoms with E-state index in [0.717, 1.165) is 18.8 Å². The molecule has 7 heteroatoms. The van der Waals surface area contributed by atoms with E-state index in [1.165, 1.54) is 0 Å². The van der Waals surface area contributed by atoms with Crippen molar-refractivity contribution < 1.29 is 13.2 Å². The minimum absolute atomic E-state index is 0.00863. The molecule has 4 rings (SSSR count). The summed E-state index contributed by atoms with van der Waals surface area (Å²) in [5.41, 5.74) is 0. The summed E-state index contributed by atoms with van der Waals surface area (Å²) in [5.74, 6) is 2.01. The van der Waals surface area contributed by atoms with Gasteiger partial charge in [0.2, 0.25) is 10.0 Å². The van der Waals surface area contributed by atoms with Crippen molar-refractivity contribution in [2.45, 2.75) is 12.5 Å². The first kappa shape index (κ1) is 17.3. The first-order valence-electron chi connectivity index (χ1n) is 8.97. The Hall–Kier alpha value is -2.12. The lowest BCUT2D eigenvalue weighted by Gasteiger charge is -2.24. The van der Waals surface area contributed by atoms with Gasteiger partial charge in [-0.2, -0.15) is 4.31 Å². The van der Waals surface area contributed by atoms with Crippen LogP contribution in [0.5, 0.6) is 5.75 Å². The van der Waals surface area contributed by atoms with E-state index in [2.05, 4.69) is 9.88 Å². The number of pyridine rings is 1. The molecule has 1 aromatic carbocycles. The normalized spacial score (nSPS) is 23.2. The number of rotatable bonds is 6. The highest BCUT2D eigenvalue weighted by Gasteiger charge is 2.46. The van der Waals surface area contributed by atoms with Crippen LogP contribution in [0.3, 0.4) is 0 Å². The molecule has 0 amide bonds. The average Bonchev–Trinajstić information content (AvgIpc) is 3.24. The maximum Gasteiger partial charge on any atom is 0.217 e. The van der Waals surface area contributed by atoms with Gasteiger partial charge in [0.25, 0.3) is 0 Å². The van der Waals surface area contributed by atoms with Gasteiger partial charge in [-0.25, -0.2) is 13.4 Å². The number of nitrogens with zero attached hydrogens (tertiary/aromatic N) is 3. The Labute approximate surface area is 154 Å². The van der Waals surface area contributed by atoms with E-state index in [1.807, 2.05) is 48.5 Å². The Morgan fingerprint density at radius 3 is 2.65 bits per heavy atom. The van der Waals surface area contributed by atoms with Crippen LogP contribution in [0.2, 0.25) is 0 Å². The highest BCUT2D eigenvalue weighted by molar-refractivity contribution is 7.89. The van der Waals surface area contributed by atoms with Crippen LogP contribution in [-0.2, 0) is 10.0 Å². The van der Waals surface area contributed by atoms with Gasteiger partial charge in [-0.1, -0.05) is 24.3 Å². The second kappa shape index (κ2) is 7.25. The van der Waals surface area contributed by atoms with E-state index in [0.29, 0.717) is 24.8 Å². The highest BCUT2D eigenvalue weighted by Crippen LogP contribution is 2.35. The predicted molar refractivity (Wildman–Crippen MR) is 101 cm³/mol. The van der Waals surface area contributed by atoms with Crippen molar-refractivity contribution in [1.29, 1.82) is 0 Å². The van der Waals surface area contributed by atoms with Crippen LogP contribution in [0.1, 0.15) is 6.42 Å². The third-order valence-electron chi connectivity index (χ3n) is 5.18. The third-order valence-corrected chi connectivity index (χ3v) is 7.03. The number of fused-ring (bicyclic) bond motifs is 1. The molecule has 6 nitrogen and oxygen atoms in total. The molecule has 2 aliphatic heterocycles. The van der Waals surface area contributed by atoms with Crippen molar-refractivity contribution in [3.63, 3.8) is 0 Å². The predicted octanol–water partition coefficient (Wildman–Crippen LogP) is 2.00. The molecule has 0 bridgehead atoms. The molecular weight excluding hydrogens is 350 g/mol. The zero-order chi connectivity index (χ0) is 18.0. The standard InChI is InChI=1S/C19H23N3O3S/c23-26(24,13-12-25-17-6-2-1-3-7-17)22-11-9-16-14-21(15-18(16)22)19-8-4-5-10-20-19/h1-8,10,16,18H,9,11-15H2. The number of para-hydroxylation sites is 1. The molecule has 1 aromatic heterocycles. The minimum Gasteiger partial charge on any atom is -0.492 e. The van der Waals surface area contributed by atoms with Crippen molar-refractivity contribution >= 4 is 15.8 Å². The third kappa shape index (κ3) is 3.54. The van der Waals surface area contributed by atoms with E-state index in [-0.39, 0.29) is 18.4 Å². The van der Waals surface area contributed by atoms with E-state index in [1.54, 1.807) is 10.5 Å². The molecule has 0 spiro atoms. The Morgan fingerprint density at radius 1 is 1.08 bits per heavy atom. The van der Waals surface area contributed by atoms with Gasteiger partial charge in [0.15, 0.2) is 0 Å². The molecule has 3 heterocycles. The first-order chi connectivity index (χ1) is 12.6. The maximum absolute atomic E-state index is 12.8.